The number of alkyl halides is 3. The Morgan fingerprint density at radius 3 is 2.75 bits per heavy atom. The van der Waals surface area contributed by atoms with E-state index in [-0.39, 0.29) is 37.2 Å². The third-order valence-corrected chi connectivity index (χ3v) is 6.21. The molecule has 2 aliphatic heterocycles. The van der Waals surface area contributed by atoms with Crippen molar-refractivity contribution in [3.63, 3.8) is 0 Å². The summed E-state index contributed by atoms with van der Waals surface area (Å²) in [5, 5.41) is 3.69. The van der Waals surface area contributed by atoms with Crippen molar-refractivity contribution in [2.24, 2.45) is 0 Å². The number of anilines is 2. The Morgan fingerprint density at radius 1 is 1.17 bits per heavy atom. The number of pyridine rings is 1. The molecule has 0 unspecified atom stereocenters. The van der Waals surface area contributed by atoms with E-state index < -0.39 is 11.7 Å². The maximum atomic E-state index is 13.6. The average molecular weight is 502 g/mol. The first kappa shape index (κ1) is 24.0. The zero-order valence-corrected chi connectivity index (χ0v) is 19.9. The maximum absolute atomic E-state index is 13.6. The Hall–Kier alpha value is -3.67. The number of ether oxygens (including phenoxy) is 2. The summed E-state index contributed by atoms with van der Waals surface area (Å²) >= 11 is 0. The molecule has 3 aromatic rings. The van der Waals surface area contributed by atoms with Gasteiger partial charge >= 0.3 is 6.18 Å². The quantitative estimate of drug-likeness (QED) is 0.571. The predicted octanol–water partition coefficient (Wildman–Crippen LogP) is 3.27. The number of rotatable bonds is 2. The van der Waals surface area contributed by atoms with E-state index in [1.54, 1.807) is 17.0 Å². The zero-order valence-electron chi connectivity index (χ0n) is 19.9. The fourth-order valence-electron chi connectivity index (χ4n) is 4.41. The smallest absolute Gasteiger partial charge is 0.419 e. The number of amides is 1. The summed E-state index contributed by atoms with van der Waals surface area (Å²) in [6.45, 7) is 1.54. The summed E-state index contributed by atoms with van der Waals surface area (Å²) < 4.78 is 52.0. The Morgan fingerprint density at radius 2 is 2.00 bits per heavy atom. The van der Waals surface area contributed by atoms with Gasteiger partial charge in [-0.15, -0.1) is 0 Å². The minimum atomic E-state index is -4.54. The highest BCUT2D eigenvalue weighted by Gasteiger charge is 2.35. The molecule has 1 fully saturated rings. The SMILES string of the molecule is COc1nc2nc3nc(c2cc1N1CCN(C)CC1=O)NCc1cccc(C(F)(F)F)c1OCCC3. The maximum Gasteiger partial charge on any atom is 0.419 e. The number of carbonyl (C=O) groups excluding carboxylic acids is 1. The predicted molar refractivity (Wildman–Crippen MR) is 126 cm³/mol. The molecule has 190 valence electrons. The van der Waals surface area contributed by atoms with Gasteiger partial charge in [-0.3, -0.25) is 9.69 Å². The van der Waals surface area contributed by atoms with Crippen molar-refractivity contribution in [2.75, 3.05) is 50.6 Å². The summed E-state index contributed by atoms with van der Waals surface area (Å²) in [6.07, 6.45) is -3.74. The molecular formula is C24H25F3N6O3. The Kier molecular flexibility index (Phi) is 6.29. The number of carbonyl (C=O) groups is 1. The van der Waals surface area contributed by atoms with E-state index in [1.807, 2.05) is 11.9 Å². The molecule has 0 spiro atoms. The van der Waals surface area contributed by atoms with Crippen LogP contribution < -0.4 is 19.7 Å². The van der Waals surface area contributed by atoms with Crippen molar-refractivity contribution >= 4 is 28.4 Å². The van der Waals surface area contributed by atoms with Gasteiger partial charge in [0.1, 0.15) is 23.1 Å². The minimum Gasteiger partial charge on any atom is -0.493 e. The van der Waals surface area contributed by atoms with Gasteiger partial charge in [0.05, 0.1) is 31.2 Å². The lowest BCUT2D eigenvalue weighted by Crippen LogP contribution is -2.49. The molecule has 0 aliphatic carbocycles. The molecular weight excluding hydrogens is 477 g/mol. The monoisotopic (exact) mass is 502 g/mol. The minimum absolute atomic E-state index is 0.0413. The van der Waals surface area contributed by atoms with Crippen LogP contribution in [0.3, 0.4) is 0 Å². The fraction of sp³-hybridized carbons (Fsp3) is 0.417. The largest absolute Gasteiger partial charge is 0.493 e. The van der Waals surface area contributed by atoms with Crippen LogP contribution in [0.2, 0.25) is 0 Å². The van der Waals surface area contributed by atoms with Crippen LogP contribution in [0.4, 0.5) is 24.7 Å². The van der Waals surface area contributed by atoms with Crippen molar-refractivity contribution in [1.82, 2.24) is 19.9 Å². The summed E-state index contributed by atoms with van der Waals surface area (Å²) in [5.74, 6) is 0.885. The van der Waals surface area contributed by atoms with Gasteiger partial charge in [0.15, 0.2) is 5.65 Å². The molecule has 1 saturated heterocycles. The zero-order chi connectivity index (χ0) is 25.4. The van der Waals surface area contributed by atoms with E-state index in [0.717, 1.165) is 6.07 Å². The van der Waals surface area contributed by atoms with Gasteiger partial charge < -0.3 is 19.7 Å². The number of likely N-dealkylation sites (N-methyl/N-ethyl adjacent to an activating group) is 1. The number of piperazine rings is 1. The number of hydrogen-bond donors (Lipinski definition) is 1. The van der Waals surface area contributed by atoms with Gasteiger partial charge in [0, 0.05) is 31.6 Å². The van der Waals surface area contributed by atoms with Gasteiger partial charge in [-0.1, -0.05) is 12.1 Å². The Balaban J connectivity index is 1.59. The number of hydrogen-bond acceptors (Lipinski definition) is 8. The lowest BCUT2D eigenvalue weighted by Gasteiger charge is -2.32. The standard InChI is InChI=1S/C24H25F3N6O3/c1-32-8-9-33(19(34)13-32)17-11-15-21-28-12-14-5-3-6-16(24(25,26)27)20(14)36-10-4-7-18(29-21)30-22(15)31-23(17)35-2/h3,5-6,11H,4,7-10,12-13H2,1-2H3,(H,28,29,30,31). The number of halogens is 3. The molecule has 2 aliphatic rings. The van der Waals surface area contributed by atoms with Crippen LogP contribution in [0.25, 0.3) is 11.0 Å². The molecule has 9 nitrogen and oxygen atoms in total. The van der Waals surface area contributed by atoms with Crippen LogP contribution >= 0.6 is 0 Å². The van der Waals surface area contributed by atoms with Crippen LogP contribution in [-0.2, 0) is 23.9 Å². The molecule has 2 bridgehead atoms. The van der Waals surface area contributed by atoms with Crippen molar-refractivity contribution < 1.29 is 27.4 Å². The molecule has 0 atom stereocenters. The van der Waals surface area contributed by atoms with E-state index >= 15 is 0 Å². The number of aromatic nitrogens is 3. The molecule has 4 heterocycles. The summed E-state index contributed by atoms with van der Waals surface area (Å²) in [6, 6.07) is 5.72. The first-order chi connectivity index (χ1) is 17.2. The second-order valence-corrected chi connectivity index (χ2v) is 8.76. The number of nitrogens with zero attached hydrogens (tertiary/aromatic N) is 5. The first-order valence-corrected chi connectivity index (χ1v) is 11.5. The van der Waals surface area contributed by atoms with Crippen molar-refractivity contribution in [3.05, 3.63) is 41.2 Å². The van der Waals surface area contributed by atoms with Gasteiger partial charge in [0.25, 0.3) is 0 Å². The highest BCUT2D eigenvalue weighted by atomic mass is 19.4. The summed E-state index contributed by atoms with van der Waals surface area (Å²) in [5.41, 5.74) is 0.408. The van der Waals surface area contributed by atoms with Gasteiger partial charge in [-0.2, -0.15) is 18.2 Å². The van der Waals surface area contributed by atoms with Crippen LogP contribution in [0.1, 0.15) is 23.4 Å². The number of benzene rings is 1. The molecule has 1 aromatic carbocycles. The number of para-hydroxylation sites is 1. The number of methoxy groups -OCH3 is 1. The molecule has 5 rings (SSSR count). The van der Waals surface area contributed by atoms with E-state index in [9.17, 15) is 18.0 Å². The van der Waals surface area contributed by atoms with Crippen LogP contribution in [0.15, 0.2) is 24.3 Å². The fourth-order valence-corrected chi connectivity index (χ4v) is 4.41. The normalized spacial score (nSPS) is 17.1. The molecule has 12 heteroatoms. The Labute approximate surface area is 205 Å². The van der Waals surface area contributed by atoms with Gasteiger partial charge in [0.2, 0.25) is 11.8 Å². The van der Waals surface area contributed by atoms with Crippen LogP contribution in [-0.4, -0.2) is 66.2 Å². The van der Waals surface area contributed by atoms with Gasteiger partial charge in [-0.25, -0.2) is 9.97 Å². The van der Waals surface area contributed by atoms with E-state index in [4.69, 9.17) is 9.47 Å². The number of aryl methyl sites for hydroxylation is 1. The lowest BCUT2D eigenvalue weighted by molar-refractivity contribution is -0.139. The second kappa shape index (κ2) is 9.41. The highest BCUT2D eigenvalue weighted by molar-refractivity contribution is 6.00. The number of nitrogens with one attached hydrogen (secondary N) is 1. The molecule has 0 radical (unpaired) electrons. The van der Waals surface area contributed by atoms with Gasteiger partial charge in [-0.05, 0) is 25.6 Å². The van der Waals surface area contributed by atoms with E-state index in [2.05, 4.69) is 20.3 Å². The van der Waals surface area contributed by atoms with Crippen LogP contribution in [0.5, 0.6) is 11.6 Å². The molecule has 2 aromatic heterocycles. The van der Waals surface area contributed by atoms with Crippen molar-refractivity contribution in [2.45, 2.75) is 25.6 Å². The third-order valence-electron chi connectivity index (χ3n) is 6.21. The topological polar surface area (TPSA) is 92.7 Å². The van der Waals surface area contributed by atoms with Crippen molar-refractivity contribution in [3.8, 4) is 11.6 Å². The molecule has 36 heavy (non-hydrogen) atoms. The first-order valence-electron chi connectivity index (χ1n) is 11.5. The number of fused-ring (bicyclic) bond motifs is 5. The van der Waals surface area contributed by atoms with E-state index in [1.165, 1.54) is 13.2 Å². The second-order valence-electron chi connectivity index (χ2n) is 8.76. The molecule has 0 saturated carbocycles. The van der Waals surface area contributed by atoms with Crippen LogP contribution in [0, 0.1) is 0 Å². The third kappa shape index (κ3) is 4.60. The summed E-state index contributed by atoms with van der Waals surface area (Å²) in [7, 11) is 3.36. The Bertz CT molecular complexity index is 1320. The molecule has 1 N–H and O–H groups in total. The summed E-state index contributed by atoms with van der Waals surface area (Å²) in [4.78, 5) is 30.0. The van der Waals surface area contributed by atoms with Crippen molar-refractivity contribution in [1.29, 1.82) is 0 Å². The molecule has 1 amide bonds. The van der Waals surface area contributed by atoms with E-state index in [0.29, 0.717) is 59.9 Å². The lowest BCUT2D eigenvalue weighted by atomic mass is 10.1. The highest BCUT2D eigenvalue weighted by Crippen LogP contribution is 2.39. The average Bonchev–Trinajstić information content (AvgIpc) is 2.86.